The van der Waals surface area contributed by atoms with Crippen molar-refractivity contribution in [2.45, 2.75) is 26.3 Å². The van der Waals surface area contributed by atoms with Crippen molar-refractivity contribution >= 4 is 37.8 Å². The molecule has 1 aromatic carbocycles. The molecule has 0 aromatic heterocycles. The second kappa shape index (κ2) is 7.17. The lowest BCUT2D eigenvalue weighted by atomic mass is 10.0. The van der Waals surface area contributed by atoms with Crippen LogP contribution in [0.2, 0.25) is 0 Å². The van der Waals surface area contributed by atoms with Crippen molar-refractivity contribution in [2.75, 3.05) is 5.33 Å². The molecule has 0 fully saturated rings. The standard InChI is InChI=1S/C13H17Br2NO/c1-9(2)12(6-7-14)16-13(17)10-4-3-5-11(15)8-10/h3-5,8-9,12H,6-7H2,1-2H3,(H,16,17). The second-order valence-corrected chi connectivity index (χ2v) is 6.02. The molecule has 0 spiro atoms. The van der Waals surface area contributed by atoms with E-state index in [4.69, 9.17) is 0 Å². The lowest BCUT2D eigenvalue weighted by Crippen LogP contribution is -2.38. The van der Waals surface area contributed by atoms with Crippen molar-refractivity contribution < 1.29 is 4.79 Å². The smallest absolute Gasteiger partial charge is 0.251 e. The predicted molar refractivity (Wildman–Crippen MR) is 78.6 cm³/mol. The number of alkyl halides is 1. The third-order valence-corrected chi connectivity index (χ3v) is 3.58. The van der Waals surface area contributed by atoms with Gasteiger partial charge in [0.1, 0.15) is 0 Å². The van der Waals surface area contributed by atoms with Crippen LogP contribution in [0.5, 0.6) is 0 Å². The van der Waals surface area contributed by atoms with Crippen LogP contribution in [-0.2, 0) is 0 Å². The third-order valence-electron chi connectivity index (χ3n) is 2.63. The van der Waals surface area contributed by atoms with E-state index in [1.807, 2.05) is 24.3 Å². The van der Waals surface area contributed by atoms with Crippen LogP contribution in [0.1, 0.15) is 30.6 Å². The van der Waals surface area contributed by atoms with Gasteiger partial charge in [0.15, 0.2) is 0 Å². The van der Waals surface area contributed by atoms with Gasteiger partial charge < -0.3 is 5.32 Å². The van der Waals surface area contributed by atoms with E-state index < -0.39 is 0 Å². The zero-order valence-electron chi connectivity index (χ0n) is 10.0. The minimum Gasteiger partial charge on any atom is -0.349 e. The van der Waals surface area contributed by atoms with Crippen LogP contribution in [0.4, 0.5) is 0 Å². The van der Waals surface area contributed by atoms with Gasteiger partial charge in [-0.15, -0.1) is 0 Å². The molecule has 0 saturated heterocycles. The molecule has 1 aromatic rings. The van der Waals surface area contributed by atoms with E-state index in [2.05, 4.69) is 51.0 Å². The van der Waals surface area contributed by atoms with Gasteiger partial charge in [0.2, 0.25) is 0 Å². The van der Waals surface area contributed by atoms with Crippen LogP contribution >= 0.6 is 31.9 Å². The first kappa shape index (κ1) is 14.7. The molecule has 0 aliphatic rings. The van der Waals surface area contributed by atoms with Crippen LogP contribution < -0.4 is 5.32 Å². The summed E-state index contributed by atoms with van der Waals surface area (Å²) < 4.78 is 0.923. The Balaban J connectivity index is 2.70. The summed E-state index contributed by atoms with van der Waals surface area (Å²) in [7, 11) is 0. The normalized spacial score (nSPS) is 12.5. The van der Waals surface area contributed by atoms with Gasteiger partial charge in [0, 0.05) is 21.4 Å². The number of benzene rings is 1. The molecule has 17 heavy (non-hydrogen) atoms. The molecule has 0 saturated carbocycles. The maximum atomic E-state index is 12.0. The predicted octanol–water partition coefficient (Wildman–Crippen LogP) is 3.99. The van der Waals surface area contributed by atoms with Crippen LogP contribution in [0.15, 0.2) is 28.7 Å². The van der Waals surface area contributed by atoms with Gasteiger partial charge in [-0.1, -0.05) is 51.8 Å². The molecule has 0 heterocycles. The Morgan fingerprint density at radius 3 is 2.65 bits per heavy atom. The van der Waals surface area contributed by atoms with Gasteiger partial charge in [-0.3, -0.25) is 4.79 Å². The summed E-state index contributed by atoms with van der Waals surface area (Å²) in [6.45, 7) is 4.24. The number of carbonyl (C=O) groups excluding carboxylic acids is 1. The minimum absolute atomic E-state index is 0.00838. The van der Waals surface area contributed by atoms with Crippen molar-refractivity contribution in [3.8, 4) is 0 Å². The number of rotatable bonds is 5. The Morgan fingerprint density at radius 1 is 1.41 bits per heavy atom. The van der Waals surface area contributed by atoms with Crippen LogP contribution in [0.25, 0.3) is 0 Å². The fourth-order valence-electron chi connectivity index (χ4n) is 1.57. The first-order valence-electron chi connectivity index (χ1n) is 5.67. The van der Waals surface area contributed by atoms with Gasteiger partial charge in [0.05, 0.1) is 0 Å². The SMILES string of the molecule is CC(C)C(CCBr)NC(=O)c1cccc(Br)c1. The molecule has 0 aliphatic carbocycles. The van der Waals surface area contributed by atoms with Gasteiger partial charge in [-0.25, -0.2) is 0 Å². The molecule has 1 rings (SSSR count). The Bertz CT molecular complexity index is 379. The van der Waals surface area contributed by atoms with E-state index in [1.165, 1.54) is 0 Å². The van der Waals surface area contributed by atoms with Crippen molar-refractivity contribution in [3.05, 3.63) is 34.3 Å². The molecule has 1 unspecified atom stereocenters. The highest BCUT2D eigenvalue weighted by Crippen LogP contribution is 2.13. The van der Waals surface area contributed by atoms with E-state index in [0.717, 1.165) is 16.2 Å². The average molecular weight is 363 g/mol. The third kappa shape index (κ3) is 4.80. The number of hydrogen-bond acceptors (Lipinski definition) is 1. The van der Waals surface area contributed by atoms with Crippen molar-refractivity contribution in [2.24, 2.45) is 5.92 Å². The van der Waals surface area contributed by atoms with Gasteiger partial charge in [-0.2, -0.15) is 0 Å². The largest absolute Gasteiger partial charge is 0.349 e. The topological polar surface area (TPSA) is 29.1 Å². The molecule has 0 aliphatic heterocycles. The molecule has 1 N–H and O–H groups in total. The van der Waals surface area contributed by atoms with Crippen molar-refractivity contribution in [1.82, 2.24) is 5.32 Å². The maximum Gasteiger partial charge on any atom is 0.251 e. The van der Waals surface area contributed by atoms with Gasteiger partial charge in [-0.05, 0) is 30.5 Å². The summed E-state index contributed by atoms with van der Waals surface area (Å²) in [6.07, 6.45) is 0.942. The monoisotopic (exact) mass is 361 g/mol. The molecule has 1 atom stereocenters. The summed E-state index contributed by atoms with van der Waals surface area (Å²) in [5.41, 5.74) is 0.694. The first-order valence-corrected chi connectivity index (χ1v) is 7.58. The highest BCUT2D eigenvalue weighted by molar-refractivity contribution is 9.10. The first-order chi connectivity index (χ1) is 8.04. The highest BCUT2D eigenvalue weighted by Gasteiger charge is 2.16. The molecule has 94 valence electrons. The molecular weight excluding hydrogens is 346 g/mol. The highest BCUT2D eigenvalue weighted by atomic mass is 79.9. The summed E-state index contributed by atoms with van der Waals surface area (Å²) in [5, 5.41) is 3.97. The van der Waals surface area contributed by atoms with Gasteiger partial charge in [0.25, 0.3) is 5.91 Å². The summed E-state index contributed by atoms with van der Waals surface area (Å²) in [5.74, 6) is 0.426. The minimum atomic E-state index is -0.00838. The Kier molecular flexibility index (Phi) is 6.20. The molecule has 4 heteroatoms. The quantitative estimate of drug-likeness (QED) is 0.788. The number of nitrogens with one attached hydrogen (secondary N) is 1. The number of halogens is 2. The maximum absolute atomic E-state index is 12.0. The van der Waals surface area contributed by atoms with Crippen LogP contribution in [0, 0.1) is 5.92 Å². The van der Waals surface area contributed by atoms with Crippen LogP contribution in [-0.4, -0.2) is 17.3 Å². The van der Waals surface area contributed by atoms with E-state index in [-0.39, 0.29) is 11.9 Å². The zero-order valence-corrected chi connectivity index (χ0v) is 13.2. The molecule has 0 bridgehead atoms. The summed E-state index contributed by atoms with van der Waals surface area (Å²) >= 11 is 6.79. The Labute approximate surface area is 119 Å². The summed E-state index contributed by atoms with van der Waals surface area (Å²) in [4.78, 5) is 12.0. The fraction of sp³-hybridized carbons (Fsp3) is 0.462. The van der Waals surface area contributed by atoms with E-state index in [0.29, 0.717) is 11.5 Å². The number of carbonyl (C=O) groups is 1. The lowest BCUT2D eigenvalue weighted by molar-refractivity contribution is 0.0925. The van der Waals surface area contributed by atoms with E-state index in [9.17, 15) is 4.79 Å². The Morgan fingerprint density at radius 2 is 2.12 bits per heavy atom. The zero-order chi connectivity index (χ0) is 12.8. The van der Waals surface area contributed by atoms with Crippen molar-refractivity contribution in [3.63, 3.8) is 0 Å². The average Bonchev–Trinajstić information content (AvgIpc) is 2.28. The second-order valence-electron chi connectivity index (χ2n) is 4.31. The lowest BCUT2D eigenvalue weighted by Gasteiger charge is -2.21. The fourth-order valence-corrected chi connectivity index (χ4v) is 2.46. The van der Waals surface area contributed by atoms with E-state index >= 15 is 0 Å². The number of amides is 1. The molecule has 2 nitrogen and oxygen atoms in total. The summed E-state index contributed by atoms with van der Waals surface area (Å²) in [6, 6.07) is 7.65. The Hall–Kier alpha value is -0.350. The van der Waals surface area contributed by atoms with Crippen molar-refractivity contribution in [1.29, 1.82) is 0 Å². The van der Waals surface area contributed by atoms with Crippen LogP contribution in [0.3, 0.4) is 0 Å². The molecular formula is C13H17Br2NO. The number of hydrogen-bond donors (Lipinski definition) is 1. The molecule has 0 radical (unpaired) electrons. The molecule has 1 amide bonds. The van der Waals surface area contributed by atoms with E-state index in [1.54, 1.807) is 0 Å². The van der Waals surface area contributed by atoms with Gasteiger partial charge >= 0.3 is 0 Å².